The second-order valence-electron chi connectivity index (χ2n) is 4.56. The Morgan fingerprint density at radius 1 is 1.38 bits per heavy atom. The molecule has 0 heterocycles. The van der Waals surface area contributed by atoms with Gasteiger partial charge in [0.15, 0.2) is 5.82 Å². The molecule has 0 spiro atoms. The summed E-state index contributed by atoms with van der Waals surface area (Å²) in [5, 5.41) is 8.77. The zero-order valence-electron chi connectivity index (χ0n) is 11.9. The summed E-state index contributed by atoms with van der Waals surface area (Å²) < 4.78 is 40.2. The molecule has 0 aliphatic rings. The molecule has 0 saturated carbocycles. The topological polar surface area (TPSA) is 74.7 Å². The van der Waals surface area contributed by atoms with Gasteiger partial charge in [0.05, 0.1) is 5.56 Å². The van der Waals surface area contributed by atoms with E-state index in [0.717, 1.165) is 16.4 Å². The maximum Gasteiger partial charge on any atom is 0.338 e. The predicted octanol–water partition coefficient (Wildman–Crippen LogP) is 2.99. The SMILES string of the molecule is CCC(CC)N(C)S(=O)(=O)c1cc(Cl)cc(C(=O)O)c1F. The summed E-state index contributed by atoms with van der Waals surface area (Å²) in [6, 6.07) is 1.51. The lowest BCUT2D eigenvalue weighted by Crippen LogP contribution is -2.36. The quantitative estimate of drug-likeness (QED) is 0.866. The van der Waals surface area contributed by atoms with Crippen molar-refractivity contribution in [2.45, 2.75) is 37.6 Å². The number of carboxylic acid groups (broad SMARTS) is 1. The molecule has 0 fully saturated rings. The average molecular weight is 338 g/mol. The van der Waals surface area contributed by atoms with Crippen LogP contribution in [0.5, 0.6) is 0 Å². The molecule has 21 heavy (non-hydrogen) atoms. The number of nitrogens with zero attached hydrogens (tertiary/aromatic N) is 1. The molecule has 1 rings (SSSR count). The van der Waals surface area contributed by atoms with Crippen molar-refractivity contribution in [3.8, 4) is 0 Å². The third kappa shape index (κ3) is 3.53. The molecule has 0 bridgehead atoms. The standard InChI is InChI=1S/C13H17ClFNO4S/c1-4-9(5-2)16(3)21(19,20)11-7-8(14)6-10(12(11)15)13(17)18/h6-7,9H,4-5H2,1-3H3,(H,17,18). The molecule has 1 aromatic carbocycles. The van der Waals surface area contributed by atoms with E-state index in [9.17, 15) is 17.6 Å². The van der Waals surface area contributed by atoms with Crippen molar-refractivity contribution in [3.05, 3.63) is 28.5 Å². The van der Waals surface area contributed by atoms with Crippen LogP contribution in [0, 0.1) is 5.82 Å². The minimum atomic E-state index is -4.16. The van der Waals surface area contributed by atoms with Gasteiger partial charge in [-0.2, -0.15) is 4.31 Å². The van der Waals surface area contributed by atoms with Gasteiger partial charge >= 0.3 is 5.97 Å². The van der Waals surface area contributed by atoms with Crippen LogP contribution in [-0.2, 0) is 10.0 Å². The summed E-state index contributed by atoms with van der Waals surface area (Å²) in [5.74, 6) is -2.87. The zero-order chi connectivity index (χ0) is 16.4. The summed E-state index contributed by atoms with van der Waals surface area (Å²) in [6.45, 7) is 3.63. The Bertz CT molecular complexity index is 644. The van der Waals surface area contributed by atoms with Crippen LogP contribution in [0.2, 0.25) is 5.02 Å². The molecule has 0 amide bonds. The minimum Gasteiger partial charge on any atom is -0.478 e. The summed E-state index contributed by atoms with van der Waals surface area (Å²) in [4.78, 5) is 10.2. The van der Waals surface area contributed by atoms with E-state index in [-0.39, 0.29) is 11.1 Å². The van der Waals surface area contributed by atoms with E-state index < -0.39 is 32.3 Å². The maximum absolute atomic E-state index is 14.2. The highest BCUT2D eigenvalue weighted by Crippen LogP contribution is 2.27. The first-order valence-corrected chi connectivity index (χ1v) is 8.18. The van der Waals surface area contributed by atoms with Crippen LogP contribution in [0.25, 0.3) is 0 Å². The van der Waals surface area contributed by atoms with Gasteiger partial charge in [0.25, 0.3) is 0 Å². The number of rotatable bonds is 6. The van der Waals surface area contributed by atoms with Gasteiger partial charge in [-0.05, 0) is 25.0 Å². The van der Waals surface area contributed by atoms with Gasteiger partial charge in [-0.3, -0.25) is 0 Å². The number of carboxylic acids is 1. The van der Waals surface area contributed by atoms with Crippen LogP contribution in [0.15, 0.2) is 17.0 Å². The number of hydrogen-bond donors (Lipinski definition) is 1. The number of benzene rings is 1. The molecule has 0 aliphatic heterocycles. The van der Waals surface area contributed by atoms with Crippen molar-refractivity contribution in [1.29, 1.82) is 0 Å². The van der Waals surface area contributed by atoms with Crippen LogP contribution in [0.3, 0.4) is 0 Å². The van der Waals surface area contributed by atoms with Crippen molar-refractivity contribution in [3.63, 3.8) is 0 Å². The van der Waals surface area contributed by atoms with Crippen molar-refractivity contribution < 1.29 is 22.7 Å². The van der Waals surface area contributed by atoms with Crippen molar-refractivity contribution in [1.82, 2.24) is 4.31 Å². The smallest absolute Gasteiger partial charge is 0.338 e. The van der Waals surface area contributed by atoms with E-state index in [1.54, 1.807) is 0 Å². The average Bonchev–Trinajstić information content (AvgIpc) is 2.41. The van der Waals surface area contributed by atoms with Gasteiger partial charge in [-0.25, -0.2) is 17.6 Å². The highest BCUT2D eigenvalue weighted by atomic mass is 35.5. The molecule has 1 N–H and O–H groups in total. The summed E-state index contributed by atoms with van der Waals surface area (Å²) in [6.07, 6.45) is 1.11. The van der Waals surface area contributed by atoms with E-state index in [0.29, 0.717) is 12.8 Å². The van der Waals surface area contributed by atoms with Gasteiger partial charge < -0.3 is 5.11 Å². The lowest BCUT2D eigenvalue weighted by atomic mass is 10.2. The molecule has 0 saturated heterocycles. The lowest BCUT2D eigenvalue weighted by molar-refractivity contribution is 0.0691. The highest BCUT2D eigenvalue weighted by molar-refractivity contribution is 7.89. The summed E-state index contributed by atoms with van der Waals surface area (Å²) in [5.41, 5.74) is -0.765. The van der Waals surface area contributed by atoms with Crippen molar-refractivity contribution in [2.24, 2.45) is 0 Å². The third-order valence-corrected chi connectivity index (χ3v) is 5.48. The van der Waals surface area contributed by atoms with Crippen molar-refractivity contribution >= 4 is 27.6 Å². The van der Waals surface area contributed by atoms with Crippen LogP contribution in [0.4, 0.5) is 4.39 Å². The second kappa shape index (κ2) is 6.72. The molecule has 0 radical (unpaired) electrons. The van der Waals surface area contributed by atoms with E-state index in [4.69, 9.17) is 16.7 Å². The fourth-order valence-corrected chi connectivity index (χ4v) is 3.96. The number of halogens is 2. The highest BCUT2D eigenvalue weighted by Gasteiger charge is 2.31. The molecule has 118 valence electrons. The first-order chi connectivity index (χ1) is 9.66. The number of carbonyl (C=O) groups is 1. The largest absolute Gasteiger partial charge is 0.478 e. The Morgan fingerprint density at radius 2 is 1.90 bits per heavy atom. The Balaban J connectivity index is 3.48. The van der Waals surface area contributed by atoms with Gasteiger partial charge in [0, 0.05) is 18.1 Å². The number of hydrogen-bond acceptors (Lipinski definition) is 3. The Kier molecular flexibility index (Phi) is 5.72. The molecular formula is C13H17ClFNO4S. The number of aromatic carboxylic acids is 1. The van der Waals surface area contributed by atoms with E-state index in [2.05, 4.69) is 0 Å². The lowest BCUT2D eigenvalue weighted by Gasteiger charge is -2.26. The Labute approximate surface area is 128 Å². The van der Waals surface area contributed by atoms with Crippen LogP contribution >= 0.6 is 11.6 Å². The van der Waals surface area contributed by atoms with Crippen LogP contribution < -0.4 is 0 Å². The number of sulfonamides is 1. The summed E-state index contributed by atoms with van der Waals surface area (Å²) >= 11 is 5.71. The molecule has 1 aromatic rings. The van der Waals surface area contributed by atoms with Gasteiger partial charge in [-0.15, -0.1) is 0 Å². The zero-order valence-corrected chi connectivity index (χ0v) is 13.5. The Hall–Kier alpha value is -1.18. The minimum absolute atomic E-state index is 0.148. The fraction of sp³-hybridized carbons (Fsp3) is 0.462. The predicted molar refractivity (Wildman–Crippen MR) is 77.7 cm³/mol. The first-order valence-electron chi connectivity index (χ1n) is 6.37. The molecule has 8 heteroatoms. The second-order valence-corrected chi connectivity index (χ2v) is 6.96. The fourth-order valence-electron chi connectivity index (χ4n) is 2.06. The summed E-state index contributed by atoms with van der Waals surface area (Å²) in [7, 11) is -2.82. The molecule has 5 nitrogen and oxygen atoms in total. The molecular weight excluding hydrogens is 321 g/mol. The molecule has 0 unspecified atom stereocenters. The van der Waals surface area contributed by atoms with E-state index in [1.165, 1.54) is 7.05 Å². The first kappa shape index (κ1) is 17.9. The van der Waals surface area contributed by atoms with Crippen LogP contribution in [-0.4, -0.2) is 36.9 Å². The van der Waals surface area contributed by atoms with Gasteiger partial charge in [0.1, 0.15) is 4.90 Å². The van der Waals surface area contributed by atoms with E-state index in [1.807, 2.05) is 13.8 Å². The Morgan fingerprint density at radius 3 is 2.33 bits per heavy atom. The maximum atomic E-state index is 14.2. The molecule has 0 aromatic heterocycles. The van der Waals surface area contributed by atoms with Gasteiger partial charge in [0.2, 0.25) is 10.0 Å². The normalized spacial score (nSPS) is 12.1. The monoisotopic (exact) mass is 337 g/mol. The van der Waals surface area contributed by atoms with Gasteiger partial charge in [-0.1, -0.05) is 25.4 Å². The molecule has 0 atom stereocenters. The van der Waals surface area contributed by atoms with Crippen LogP contribution in [0.1, 0.15) is 37.0 Å². The van der Waals surface area contributed by atoms with E-state index >= 15 is 0 Å². The van der Waals surface area contributed by atoms with Crippen molar-refractivity contribution in [2.75, 3.05) is 7.05 Å². The third-order valence-electron chi connectivity index (χ3n) is 3.35. The molecule has 0 aliphatic carbocycles.